The zero-order valence-corrected chi connectivity index (χ0v) is 14.0. The van der Waals surface area contributed by atoms with Crippen LogP contribution in [0.5, 0.6) is 5.75 Å². The zero-order chi connectivity index (χ0) is 17.9. The van der Waals surface area contributed by atoms with E-state index in [2.05, 4.69) is 17.2 Å². The molecule has 0 aliphatic heterocycles. The van der Waals surface area contributed by atoms with Crippen molar-refractivity contribution in [3.63, 3.8) is 0 Å². The van der Waals surface area contributed by atoms with Gasteiger partial charge < -0.3 is 15.4 Å². The van der Waals surface area contributed by atoms with Gasteiger partial charge in [0.25, 0.3) is 0 Å². The Bertz CT molecular complexity index is 697. The fourth-order valence-corrected chi connectivity index (χ4v) is 2.20. The minimum absolute atomic E-state index is 0.414. The number of nitrogens with one attached hydrogen (secondary N) is 2. The summed E-state index contributed by atoms with van der Waals surface area (Å²) < 4.78 is 5.35. The second kappa shape index (κ2) is 9.93. The first-order valence-electron chi connectivity index (χ1n) is 8.16. The summed E-state index contributed by atoms with van der Waals surface area (Å²) in [6, 6.07) is 16.8. The molecule has 0 bridgehead atoms. The number of carbonyl (C=O) groups is 2. The highest BCUT2D eigenvalue weighted by Crippen LogP contribution is 2.15. The first-order chi connectivity index (χ1) is 12.2. The fraction of sp³-hybridized carbons (Fsp3) is 0.200. The average molecular weight is 338 g/mol. The molecule has 0 fully saturated rings. The Morgan fingerprint density at radius 3 is 2.40 bits per heavy atom. The Morgan fingerprint density at radius 2 is 1.72 bits per heavy atom. The summed E-state index contributed by atoms with van der Waals surface area (Å²) in [6.45, 7) is 4.44. The van der Waals surface area contributed by atoms with Gasteiger partial charge in [0.05, 0.1) is 0 Å². The largest absolute Gasteiger partial charge is 0.490 e. The molecule has 0 atom stereocenters. The highest BCUT2D eigenvalue weighted by Gasteiger charge is 2.12. The molecule has 0 heterocycles. The molecule has 0 saturated carbocycles. The van der Waals surface area contributed by atoms with Gasteiger partial charge in [-0.1, -0.05) is 43.0 Å². The zero-order valence-electron chi connectivity index (χ0n) is 14.0. The van der Waals surface area contributed by atoms with E-state index in [1.165, 1.54) is 5.56 Å². The summed E-state index contributed by atoms with van der Waals surface area (Å²) in [7, 11) is 0. The molecule has 0 aliphatic carbocycles. The van der Waals surface area contributed by atoms with Crippen molar-refractivity contribution in [2.75, 3.05) is 18.5 Å². The van der Waals surface area contributed by atoms with Crippen molar-refractivity contribution in [2.45, 2.75) is 12.8 Å². The van der Waals surface area contributed by atoms with Crippen LogP contribution in [-0.4, -0.2) is 25.0 Å². The van der Waals surface area contributed by atoms with E-state index < -0.39 is 11.8 Å². The van der Waals surface area contributed by atoms with Crippen LogP contribution in [0.15, 0.2) is 67.3 Å². The maximum atomic E-state index is 11.9. The number of ether oxygens (including phenoxy) is 1. The molecule has 0 saturated heterocycles. The quantitative estimate of drug-likeness (QED) is 0.442. The molecule has 0 radical (unpaired) electrons. The van der Waals surface area contributed by atoms with Crippen LogP contribution in [0.3, 0.4) is 0 Å². The van der Waals surface area contributed by atoms with Crippen molar-refractivity contribution in [2.24, 2.45) is 0 Å². The van der Waals surface area contributed by atoms with Crippen molar-refractivity contribution in [1.29, 1.82) is 0 Å². The highest BCUT2D eigenvalue weighted by molar-refractivity contribution is 6.39. The van der Waals surface area contributed by atoms with Crippen molar-refractivity contribution in [3.05, 3.63) is 72.8 Å². The number of carbonyl (C=O) groups excluding carboxylic acids is 2. The minimum Gasteiger partial charge on any atom is -0.490 e. The van der Waals surface area contributed by atoms with Gasteiger partial charge in [-0.3, -0.25) is 9.59 Å². The van der Waals surface area contributed by atoms with E-state index >= 15 is 0 Å². The van der Waals surface area contributed by atoms with Crippen LogP contribution >= 0.6 is 0 Å². The second-order valence-corrected chi connectivity index (χ2v) is 5.42. The van der Waals surface area contributed by atoms with E-state index in [0.717, 1.165) is 12.8 Å². The predicted molar refractivity (Wildman–Crippen MR) is 98.5 cm³/mol. The predicted octanol–water partition coefficient (Wildman–Crippen LogP) is 2.94. The summed E-state index contributed by atoms with van der Waals surface area (Å²) in [5.41, 5.74) is 1.75. The molecular weight excluding hydrogens is 316 g/mol. The third kappa shape index (κ3) is 6.51. The number of anilines is 1. The molecule has 130 valence electrons. The summed E-state index contributed by atoms with van der Waals surface area (Å²) in [5.74, 6) is -0.650. The summed E-state index contributed by atoms with van der Waals surface area (Å²) in [5, 5.41) is 5.18. The fourth-order valence-electron chi connectivity index (χ4n) is 2.20. The van der Waals surface area contributed by atoms with Crippen molar-refractivity contribution >= 4 is 17.5 Å². The number of rotatable bonds is 8. The maximum Gasteiger partial charge on any atom is 0.313 e. The first-order valence-corrected chi connectivity index (χ1v) is 8.16. The Balaban J connectivity index is 1.70. The molecule has 5 nitrogen and oxygen atoms in total. The van der Waals surface area contributed by atoms with Gasteiger partial charge in [-0.15, -0.1) is 0 Å². The van der Waals surface area contributed by atoms with Gasteiger partial charge >= 0.3 is 11.8 Å². The molecule has 2 amide bonds. The lowest BCUT2D eigenvalue weighted by atomic mass is 10.1. The highest BCUT2D eigenvalue weighted by atomic mass is 16.5. The number of benzene rings is 2. The SMILES string of the molecule is C=CCOc1ccc(NC(=O)C(=O)NCCCc2ccccc2)cc1. The van der Waals surface area contributed by atoms with E-state index in [1.54, 1.807) is 30.3 Å². The van der Waals surface area contributed by atoms with Gasteiger partial charge in [-0.05, 0) is 42.7 Å². The summed E-state index contributed by atoms with van der Waals surface area (Å²) in [6.07, 6.45) is 3.28. The third-order valence-electron chi connectivity index (χ3n) is 3.46. The summed E-state index contributed by atoms with van der Waals surface area (Å²) in [4.78, 5) is 23.7. The van der Waals surface area contributed by atoms with Gasteiger partial charge in [-0.25, -0.2) is 0 Å². The molecule has 25 heavy (non-hydrogen) atoms. The van der Waals surface area contributed by atoms with E-state index in [-0.39, 0.29) is 0 Å². The van der Waals surface area contributed by atoms with Crippen LogP contribution in [0.25, 0.3) is 0 Å². The lowest BCUT2D eigenvalue weighted by molar-refractivity contribution is -0.136. The lowest BCUT2D eigenvalue weighted by Gasteiger charge is -2.08. The van der Waals surface area contributed by atoms with E-state index in [0.29, 0.717) is 24.6 Å². The average Bonchev–Trinajstić information content (AvgIpc) is 2.65. The molecule has 2 N–H and O–H groups in total. The molecule has 5 heteroatoms. The van der Waals surface area contributed by atoms with Crippen LogP contribution in [-0.2, 0) is 16.0 Å². The molecule has 0 aliphatic rings. The molecule has 2 aromatic rings. The second-order valence-electron chi connectivity index (χ2n) is 5.42. The van der Waals surface area contributed by atoms with Crippen LogP contribution in [0, 0.1) is 0 Å². The number of hydrogen-bond donors (Lipinski definition) is 2. The van der Waals surface area contributed by atoms with Crippen LogP contribution < -0.4 is 15.4 Å². The Hall–Kier alpha value is -3.08. The molecule has 0 aromatic heterocycles. The topological polar surface area (TPSA) is 67.4 Å². The van der Waals surface area contributed by atoms with Crippen molar-refractivity contribution in [1.82, 2.24) is 5.32 Å². The van der Waals surface area contributed by atoms with Gasteiger partial charge in [0.1, 0.15) is 12.4 Å². The first kappa shape index (κ1) is 18.3. The minimum atomic E-state index is -0.681. The molecule has 0 spiro atoms. The van der Waals surface area contributed by atoms with Gasteiger partial charge in [0.15, 0.2) is 0 Å². The Morgan fingerprint density at radius 1 is 1.00 bits per heavy atom. The lowest BCUT2D eigenvalue weighted by Crippen LogP contribution is -2.36. The van der Waals surface area contributed by atoms with Gasteiger partial charge in [0, 0.05) is 12.2 Å². The Kier molecular flexibility index (Phi) is 7.25. The van der Waals surface area contributed by atoms with Crippen LogP contribution in [0.1, 0.15) is 12.0 Å². The number of hydrogen-bond acceptors (Lipinski definition) is 3. The molecule has 2 rings (SSSR count). The third-order valence-corrected chi connectivity index (χ3v) is 3.46. The van der Waals surface area contributed by atoms with Crippen molar-refractivity contribution < 1.29 is 14.3 Å². The molecule has 0 unspecified atom stereocenters. The summed E-state index contributed by atoms with van der Waals surface area (Å²) >= 11 is 0. The molecule has 2 aromatic carbocycles. The van der Waals surface area contributed by atoms with E-state index in [1.807, 2.05) is 30.3 Å². The standard InChI is InChI=1S/C20H22N2O3/c1-2-15-25-18-12-10-17(11-13-18)22-20(24)19(23)21-14-6-9-16-7-4-3-5-8-16/h2-5,7-8,10-13H,1,6,9,14-15H2,(H,21,23)(H,22,24). The monoisotopic (exact) mass is 338 g/mol. The van der Waals surface area contributed by atoms with Crippen molar-refractivity contribution in [3.8, 4) is 5.75 Å². The van der Waals surface area contributed by atoms with Crippen LogP contribution in [0.2, 0.25) is 0 Å². The van der Waals surface area contributed by atoms with Crippen LogP contribution in [0.4, 0.5) is 5.69 Å². The van der Waals surface area contributed by atoms with E-state index in [4.69, 9.17) is 4.74 Å². The van der Waals surface area contributed by atoms with Gasteiger partial charge in [0.2, 0.25) is 0 Å². The maximum absolute atomic E-state index is 11.9. The van der Waals surface area contributed by atoms with E-state index in [9.17, 15) is 9.59 Å². The number of amides is 2. The number of aryl methyl sites for hydroxylation is 1. The smallest absolute Gasteiger partial charge is 0.313 e. The van der Waals surface area contributed by atoms with Gasteiger partial charge in [-0.2, -0.15) is 0 Å². The normalized spacial score (nSPS) is 9.92. The Labute approximate surface area is 147 Å². The molecular formula is C20H22N2O3.